The zero-order chi connectivity index (χ0) is 30.2. The predicted molar refractivity (Wildman–Crippen MR) is 185 cm³/mol. The van der Waals surface area contributed by atoms with Gasteiger partial charge in [-0.1, -0.05) is 93.5 Å². The van der Waals surface area contributed by atoms with Gasteiger partial charge in [0.1, 0.15) is 5.76 Å². The zero-order valence-corrected chi connectivity index (χ0v) is 30.6. The largest absolute Gasteiger partial charge is 1.00 e. The molecule has 5 rings (SSSR count). The summed E-state index contributed by atoms with van der Waals surface area (Å²) in [6, 6.07) is 21.1. The van der Waals surface area contributed by atoms with Crippen molar-refractivity contribution in [3.63, 3.8) is 0 Å². The minimum Gasteiger partial charge on any atom is -1.00 e. The van der Waals surface area contributed by atoms with Gasteiger partial charge in [0.2, 0.25) is 0 Å². The molecule has 0 heterocycles. The third-order valence-corrected chi connectivity index (χ3v) is 10.7. The van der Waals surface area contributed by atoms with Gasteiger partial charge in [0.15, 0.2) is 0 Å². The van der Waals surface area contributed by atoms with Gasteiger partial charge in [-0.15, -0.1) is 29.3 Å². The van der Waals surface area contributed by atoms with E-state index in [1.165, 1.54) is 59.5 Å². The van der Waals surface area contributed by atoms with Gasteiger partial charge in [-0.3, -0.25) is 4.79 Å². The smallest absolute Gasteiger partial charge is 0.309 e. The molecule has 2 aromatic rings. The summed E-state index contributed by atoms with van der Waals surface area (Å²) in [5, 5.41) is 0. The van der Waals surface area contributed by atoms with Crippen molar-refractivity contribution in [2.45, 2.75) is 80.4 Å². The Bertz CT molecular complexity index is 1310. The molecule has 3 aliphatic rings. The standard InChI is InChI=1S/C39H47O3S2.ClH.Pd/c40-39(38-28-31-20-21-34(38)25-31)42-23-15-7-5-3-1-2-4-6-14-22-41-35-26-32(29-43-36-16-10-8-11-17-36)24-33(27-35)30-44-37-18-12-9-13-19-37;;/h8-13,16-21,26-27,31,34,38H,1-7,14-15,22-23,25,28-30H2;1H;/p-1. The van der Waals surface area contributed by atoms with Crippen molar-refractivity contribution in [1.82, 2.24) is 0 Å². The molecule has 0 aliphatic heterocycles. The maximum Gasteiger partial charge on any atom is 0.309 e. The van der Waals surface area contributed by atoms with Gasteiger partial charge in [-0.05, 0) is 73.4 Å². The Morgan fingerprint density at radius 2 is 1.28 bits per heavy atom. The predicted octanol–water partition coefficient (Wildman–Crippen LogP) is 7.41. The van der Waals surface area contributed by atoms with Gasteiger partial charge >= 0.3 is 5.97 Å². The first-order valence-electron chi connectivity index (χ1n) is 16.6. The molecule has 0 aromatic heterocycles. The Balaban J connectivity index is 0.00000288. The fourth-order valence-corrected chi connectivity index (χ4v) is 7.88. The Morgan fingerprint density at radius 3 is 1.85 bits per heavy atom. The van der Waals surface area contributed by atoms with Crippen LogP contribution in [-0.4, -0.2) is 30.7 Å². The van der Waals surface area contributed by atoms with E-state index in [0.717, 1.165) is 56.0 Å². The number of rotatable bonds is 20. The van der Waals surface area contributed by atoms with Crippen molar-refractivity contribution in [2.24, 2.45) is 17.8 Å². The summed E-state index contributed by atoms with van der Waals surface area (Å²) in [6.45, 7) is 1.36. The minimum absolute atomic E-state index is 0. The summed E-state index contributed by atoms with van der Waals surface area (Å²) in [7, 11) is 0. The number of hydrogen-bond acceptors (Lipinski definition) is 5. The second kappa shape index (κ2) is 22.1. The van der Waals surface area contributed by atoms with Crippen molar-refractivity contribution < 1.29 is 47.1 Å². The van der Waals surface area contributed by atoms with Crippen molar-refractivity contribution in [3.8, 4) is 0 Å². The first kappa shape index (κ1) is 38.8. The molecule has 3 unspecified atom stereocenters. The Labute approximate surface area is 305 Å². The van der Waals surface area contributed by atoms with Crippen LogP contribution in [0.1, 0.15) is 70.6 Å². The third-order valence-electron chi connectivity index (χ3n) is 8.61. The molecule has 3 aliphatic carbocycles. The summed E-state index contributed by atoms with van der Waals surface area (Å²) in [5.41, 5.74) is 6.03. The Kier molecular flexibility index (Phi) is 18.6. The van der Waals surface area contributed by atoms with Gasteiger partial charge in [0.05, 0.1) is 25.6 Å². The van der Waals surface area contributed by atoms with Gasteiger partial charge in [0.25, 0.3) is 0 Å². The number of halogens is 1. The van der Waals surface area contributed by atoms with E-state index in [-0.39, 0.29) is 44.7 Å². The summed E-state index contributed by atoms with van der Waals surface area (Å²) < 4.78 is 11.8. The summed E-state index contributed by atoms with van der Waals surface area (Å²) in [6.07, 6.45) is 21.8. The molecule has 3 nitrogen and oxygen atoms in total. The van der Waals surface area contributed by atoms with Gasteiger partial charge < -0.3 is 21.9 Å². The van der Waals surface area contributed by atoms with Crippen LogP contribution in [0.2, 0.25) is 0 Å². The van der Waals surface area contributed by atoms with Crippen LogP contribution in [0.15, 0.2) is 111 Å². The van der Waals surface area contributed by atoms with Crippen LogP contribution in [0.25, 0.3) is 0 Å². The van der Waals surface area contributed by atoms with E-state index >= 15 is 0 Å². The van der Waals surface area contributed by atoms with Crippen LogP contribution in [0, 0.1) is 24.2 Å². The summed E-state index contributed by atoms with van der Waals surface area (Å²) in [5.74, 6) is 3.97. The molecule has 7 heteroatoms. The van der Waals surface area contributed by atoms with Crippen LogP contribution in [0.4, 0.5) is 0 Å². The molecular weight excluding hydrogens is 722 g/mol. The minimum atomic E-state index is 0. The van der Waals surface area contributed by atoms with E-state index in [1.807, 2.05) is 23.5 Å². The monoisotopic (exact) mass is 768 g/mol. The molecule has 0 saturated heterocycles. The third kappa shape index (κ3) is 13.5. The summed E-state index contributed by atoms with van der Waals surface area (Å²) in [4.78, 5) is 14.9. The normalized spacial score (nSPS) is 19.4. The maximum atomic E-state index is 12.3. The van der Waals surface area contributed by atoms with Crippen LogP contribution >= 0.6 is 23.5 Å². The van der Waals surface area contributed by atoms with Crippen LogP contribution in [0.5, 0.6) is 0 Å². The molecule has 2 bridgehead atoms. The number of carbonyl (C=O) groups is 1. The number of ether oxygens (including phenoxy) is 2. The number of benzene rings is 2. The maximum absolute atomic E-state index is 12.3. The average molecular weight is 770 g/mol. The van der Waals surface area contributed by atoms with E-state index in [0.29, 0.717) is 18.4 Å². The first-order valence-corrected chi connectivity index (χ1v) is 18.6. The van der Waals surface area contributed by atoms with E-state index < -0.39 is 0 Å². The van der Waals surface area contributed by atoms with Crippen LogP contribution < -0.4 is 12.4 Å². The van der Waals surface area contributed by atoms with Crippen molar-refractivity contribution in [2.75, 3.05) is 24.7 Å². The number of unbranched alkanes of at least 4 members (excludes halogenated alkanes) is 8. The molecule has 1 radical (unpaired) electrons. The van der Waals surface area contributed by atoms with E-state index in [9.17, 15) is 4.79 Å². The molecule has 0 spiro atoms. The van der Waals surface area contributed by atoms with Crippen LogP contribution in [-0.2, 0) is 34.7 Å². The fourth-order valence-electron chi connectivity index (χ4n) is 6.22. The molecule has 0 amide bonds. The van der Waals surface area contributed by atoms with E-state index in [2.05, 4.69) is 91.0 Å². The second-order valence-corrected chi connectivity index (χ2v) is 14.3. The second-order valence-electron chi connectivity index (χ2n) is 12.2. The fraction of sp³-hybridized carbons (Fsp3) is 0.462. The Hall–Kier alpha value is -1.64. The SMILES string of the molecule is O=C(OCCCCCCCCCCCOC1=CC(CSc2ccccc2)=C=C(CSc2ccccc2)[CH]1)C1CC2C=CC1C2.[Cl-].[Pd]. The number of carbonyl (C=O) groups excluding carboxylic acids is 1. The first-order chi connectivity index (χ1) is 21.7. The van der Waals surface area contributed by atoms with Gasteiger partial charge in [-0.2, -0.15) is 0 Å². The zero-order valence-electron chi connectivity index (χ0n) is 26.7. The number of esters is 1. The molecule has 1 fully saturated rings. The Morgan fingerprint density at radius 1 is 0.717 bits per heavy atom. The van der Waals surface area contributed by atoms with Crippen molar-refractivity contribution >= 4 is 29.5 Å². The van der Waals surface area contributed by atoms with E-state index in [1.54, 1.807) is 0 Å². The molecule has 251 valence electrons. The van der Waals surface area contributed by atoms with Crippen molar-refractivity contribution in [3.05, 3.63) is 108 Å². The molecule has 46 heavy (non-hydrogen) atoms. The quantitative estimate of drug-likeness (QED) is 0.0351. The molecular formula is C39H47ClO3PdS2-. The van der Waals surface area contributed by atoms with Crippen LogP contribution in [0.3, 0.4) is 0 Å². The number of thioether (sulfide) groups is 2. The molecule has 2 aromatic carbocycles. The number of allylic oxidation sites excluding steroid dienone is 4. The van der Waals surface area contributed by atoms with E-state index in [4.69, 9.17) is 9.47 Å². The summed E-state index contributed by atoms with van der Waals surface area (Å²) >= 11 is 3.69. The number of fused-ring (bicyclic) bond motifs is 2. The van der Waals surface area contributed by atoms with Gasteiger partial charge in [-0.25, -0.2) is 0 Å². The molecule has 3 atom stereocenters. The molecule has 1 saturated carbocycles. The van der Waals surface area contributed by atoms with Gasteiger partial charge in [0, 0.05) is 47.3 Å². The average Bonchev–Trinajstić information content (AvgIpc) is 3.70. The topological polar surface area (TPSA) is 35.5 Å². The van der Waals surface area contributed by atoms with Crippen molar-refractivity contribution in [1.29, 1.82) is 0 Å². The number of hydrogen-bond donors (Lipinski definition) is 0. The molecule has 0 N–H and O–H groups in total.